The van der Waals surface area contributed by atoms with Gasteiger partial charge in [-0.2, -0.15) is 0 Å². The number of carbonyl (C=O) groups excluding carboxylic acids is 2. The summed E-state index contributed by atoms with van der Waals surface area (Å²) in [5, 5.41) is 5.83. The maximum Gasteiger partial charge on any atom is 0.332 e. The van der Waals surface area contributed by atoms with Crippen LogP contribution in [0.2, 0.25) is 0 Å². The van der Waals surface area contributed by atoms with E-state index in [4.69, 9.17) is 13.9 Å². The van der Waals surface area contributed by atoms with E-state index in [1.807, 2.05) is 0 Å². The molecule has 214 valence electrons. The number of benzene rings is 3. The molecule has 0 bridgehead atoms. The number of carbonyl (C=O) groups is 2. The van der Waals surface area contributed by atoms with Gasteiger partial charge in [0.2, 0.25) is 5.91 Å². The van der Waals surface area contributed by atoms with Crippen LogP contribution in [0, 0.1) is 0 Å². The van der Waals surface area contributed by atoms with Gasteiger partial charge in [0.05, 0.1) is 50.2 Å². The Bertz CT molecular complexity index is 1860. The van der Waals surface area contributed by atoms with E-state index in [0.29, 0.717) is 45.0 Å². The number of nitrogens with zero attached hydrogens (tertiary/aromatic N) is 2. The Balaban J connectivity index is 1.39. The minimum atomic E-state index is -0.643. The number of hydrogen-bond donors (Lipinski definition) is 2. The van der Waals surface area contributed by atoms with E-state index < -0.39 is 17.2 Å². The third-order valence-electron chi connectivity index (χ3n) is 6.68. The van der Waals surface area contributed by atoms with Crippen LogP contribution in [0.3, 0.4) is 0 Å². The zero-order valence-electron chi connectivity index (χ0n) is 23.0. The van der Waals surface area contributed by atoms with Gasteiger partial charge in [-0.3, -0.25) is 23.5 Å². The Labute approximate surface area is 239 Å². The first-order valence-electron chi connectivity index (χ1n) is 13.0. The number of hydrogen-bond acceptors (Lipinski definition) is 7. The van der Waals surface area contributed by atoms with Crippen LogP contribution in [0.15, 0.2) is 99.1 Å². The number of methoxy groups -OCH3 is 2. The second-order valence-corrected chi connectivity index (χ2v) is 9.35. The minimum Gasteiger partial charge on any atom is -0.497 e. The lowest BCUT2D eigenvalue weighted by molar-refractivity contribution is -0.116. The summed E-state index contributed by atoms with van der Waals surface area (Å²) in [7, 11) is 2.99. The Hall–Kier alpha value is -5.58. The van der Waals surface area contributed by atoms with Gasteiger partial charge in [-0.15, -0.1) is 0 Å². The molecule has 2 heterocycles. The molecule has 11 heteroatoms. The van der Waals surface area contributed by atoms with Crippen molar-refractivity contribution in [3.8, 4) is 11.5 Å². The fourth-order valence-corrected chi connectivity index (χ4v) is 4.52. The molecule has 0 spiro atoms. The maximum absolute atomic E-state index is 13.6. The highest BCUT2D eigenvalue weighted by molar-refractivity contribution is 5.94. The molecule has 0 saturated heterocycles. The molecule has 0 fully saturated rings. The van der Waals surface area contributed by atoms with Crippen molar-refractivity contribution in [3.63, 3.8) is 0 Å². The lowest BCUT2D eigenvalue weighted by atomic mass is 10.1. The Kier molecular flexibility index (Phi) is 8.19. The summed E-state index contributed by atoms with van der Waals surface area (Å²) in [4.78, 5) is 52.6. The molecule has 2 aromatic heterocycles. The highest BCUT2D eigenvalue weighted by atomic mass is 16.5. The van der Waals surface area contributed by atoms with Crippen molar-refractivity contribution in [2.45, 2.75) is 19.6 Å². The summed E-state index contributed by atoms with van der Waals surface area (Å²) < 4.78 is 18.1. The van der Waals surface area contributed by atoms with E-state index in [9.17, 15) is 19.2 Å². The Morgan fingerprint density at radius 1 is 0.881 bits per heavy atom. The predicted molar refractivity (Wildman–Crippen MR) is 156 cm³/mol. The molecule has 5 aromatic rings. The molecule has 3 aromatic carbocycles. The molecule has 42 heavy (non-hydrogen) atoms. The standard InChI is InChI=1S/C31H28N4O7/c1-40-22-13-14-25(27(16-22)41-2)33-28(36)19-34-26-8-4-3-7-24(26)30(38)35(31(34)39)18-20-9-11-21(12-10-20)29(37)32-17-23-6-5-15-42-23/h3-16H,17-19H2,1-2H3,(H,32,37)(H,33,36). The third-order valence-corrected chi connectivity index (χ3v) is 6.68. The highest BCUT2D eigenvalue weighted by Crippen LogP contribution is 2.29. The first kappa shape index (κ1) is 28.0. The first-order chi connectivity index (χ1) is 20.4. The summed E-state index contributed by atoms with van der Waals surface area (Å²) in [5.41, 5.74) is 0.664. The minimum absolute atomic E-state index is 0.0509. The molecule has 0 atom stereocenters. The quantitative estimate of drug-likeness (QED) is 0.264. The van der Waals surface area contributed by atoms with Crippen molar-refractivity contribution in [3.05, 3.63) is 123 Å². The Morgan fingerprint density at radius 3 is 2.38 bits per heavy atom. The number of furan rings is 1. The summed E-state index contributed by atoms with van der Waals surface area (Å²) in [6.45, 7) is -0.146. The van der Waals surface area contributed by atoms with Gasteiger partial charge in [0.1, 0.15) is 23.8 Å². The first-order valence-corrected chi connectivity index (χ1v) is 13.0. The molecule has 2 amide bonds. The van der Waals surface area contributed by atoms with Crippen LogP contribution in [-0.4, -0.2) is 35.2 Å². The van der Waals surface area contributed by atoms with Gasteiger partial charge in [0.25, 0.3) is 11.5 Å². The number of ether oxygens (including phenoxy) is 2. The molecule has 0 saturated carbocycles. The smallest absolute Gasteiger partial charge is 0.332 e. The molecule has 11 nitrogen and oxygen atoms in total. The van der Waals surface area contributed by atoms with E-state index in [1.165, 1.54) is 25.0 Å². The van der Waals surface area contributed by atoms with Gasteiger partial charge in [0, 0.05) is 11.6 Å². The largest absolute Gasteiger partial charge is 0.497 e. The topological polar surface area (TPSA) is 134 Å². The summed E-state index contributed by atoms with van der Waals surface area (Å²) in [5.74, 6) is 0.803. The summed E-state index contributed by atoms with van der Waals surface area (Å²) >= 11 is 0. The van der Waals surface area contributed by atoms with Crippen molar-refractivity contribution in [2.24, 2.45) is 0 Å². The van der Waals surface area contributed by atoms with Crippen LogP contribution in [0.25, 0.3) is 10.9 Å². The zero-order chi connectivity index (χ0) is 29.6. The molecule has 0 aliphatic rings. The fraction of sp³-hybridized carbons (Fsp3) is 0.161. The van der Waals surface area contributed by atoms with E-state index in [1.54, 1.807) is 78.9 Å². The second-order valence-electron chi connectivity index (χ2n) is 9.35. The lowest BCUT2D eigenvalue weighted by Gasteiger charge is -2.15. The molecular formula is C31H28N4O7. The average molecular weight is 569 g/mol. The average Bonchev–Trinajstić information content (AvgIpc) is 3.54. The SMILES string of the molecule is COc1ccc(NC(=O)Cn2c(=O)n(Cc3ccc(C(=O)NCc4ccco4)cc3)c(=O)c3ccccc32)c(OC)c1. The monoisotopic (exact) mass is 568 g/mol. The predicted octanol–water partition coefficient (Wildman–Crippen LogP) is 3.39. The van der Waals surface area contributed by atoms with Crippen LogP contribution in [0.4, 0.5) is 5.69 Å². The number of rotatable bonds is 10. The van der Waals surface area contributed by atoms with Crippen LogP contribution in [0.5, 0.6) is 11.5 Å². The van der Waals surface area contributed by atoms with Crippen LogP contribution >= 0.6 is 0 Å². The number of fused-ring (bicyclic) bond motifs is 1. The molecule has 0 unspecified atom stereocenters. The van der Waals surface area contributed by atoms with Crippen molar-refractivity contribution >= 4 is 28.4 Å². The molecular weight excluding hydrogens is 540 g/mol. The second kappa shape index (κ2) is 12.3. The van der Waals surface area contributed by atoms with Gasteiger partial charge in [-0.25, -0.2) is 4.79 Å². The van der Waals surface area contributed by atoms with E-state index >= 15 is 0 Å². The van der Waals surface area contributed by atoms with E-state index in [0.717, 1.165) is 4.57 Å². The van der Waals surface area contributed by atoms with Gasteiger partial charge in [-0.1, -0.05) is 24.3 Å². The summed E-state index contributed by atoms with van der Waals surface area (Å²) in [6, 6.07) is 21.7. The molecule has 2 N–H and O–H groups in total. The third kappa shape index (κ3) is 5.94. The number of anilines is 1. The van der Waals surface area contributed by atoms with Crippen molar-refractivity contribution in [2.75, 3.05) is 19.5 Å². The molecule has 5 rings (SSSR count). The number of nitrogens with one attached hydrogen (secondary N) is 2. The van der Waals surface area contributed by atoms with Crippen molar-refractivity contribution < 1.29 is 23.5 Å². The van der Waals surface area contributed by atoms with Crippen LogP contribution in [-0.2, 0) is 24.4 Å². The number of para-hydroxylation sites is 1. The van der Waals surface area contributed by atoms with Gasteiger partial charge in [0.15, 0.2) is 0 Å². The maximum atomic E-state index is 13.6. The lowest BCUT2D eigenvalue weighted by Crippen LogP contribution is -2.42. The normalized spacial score (nSPS) is 10.8. The van der Waals surface area contributed by atoms with Gasteiger partial charge in [-0.05, 0) is 54.1 Å². The van der Waals surface area contributed by atoms with E-state index in [-0.39, 0.29) is 25.5 Å². The zero-order valence-corrected chi connectivity index (χ0v) is 23.0. The van der Waals surface area contributed by atoms with Crippen molar-refractivity contribution in [1.82, 2.24) is 14.5 Å². The summed E-state index contributed by atoms with van der Waals surface area (Å²) in [6.07, 6.45) is 1.53. The Morgan fingerprint density at radius 2 is 1.67 bits per heavy atom. The number of aromatic nitrogens is 2. The van der Waals surface area contributed by atoms with E-state index in [2.05, 4.69) is 10.6 Å². The number of amides is 2. The molecule has 0 radical (unpaired) electrons. The highest BCUT2D eigenvalue weighted by Gasteiger charge is 2.17. The molecule has 0 aliphatic carbocycles. The van der Waals surface area contributed by atoms with Crippen LogP contribution < -0.4 is 31.4 Å². The fourth-order valence-electron chi connectivity index (χ4n) is 4.52. The molecule has 0 aliphatic heterocycles. The van der Waals surface area contributed by atoms with Crippen LogP contribution in [0.1, 0.15) is 21.7 Å². The van der Waals surface area contributed by atoms with Crippen molar-refractivity contribution in [1.29, 1.82) is 0 Å². The van der Waals surface area contributed by atoms with Gasteiger partial charge >= 0.3 is 5.69 Å². The van der Waals surface area contributed by atoms with Gasteiger partial charge < -0.3 is 24.5 Å².